The van der Waals surface area contributed by atoms with Crippen LogP contribution in [0.2, 0.25) is 10.0 Å². The molecule has 7 heteroatoms. The van der Waals surface area contributed by atoms with Gasteiger partial charge in [0.05, 0.1) is 28.3 Å². The predicted molar refractivity (Wildman–Crippen MR) is 90.0 cm³/mol. The summed E-state index contributed by atoms with van der Waals surface area (Å²) in [4.78, 5) is 23.7. The summed E-state index contributed by atoms with van der Waals surface area (Å²) in [5.41, 5.74) is 0.264. The van der Waals surface area contributed by atoms with Gasteiger partial charge in [0.25, 0.3) is 0 Å². The van der Waals surface area contributed by atoms with Crippen molar-refractivity contribution in [2.75, 3.05) is 20.3 Å². The Kier molecular flexibility index (Phi) is 6.46. The molecule has 0 bridgehead atoms. The lowest BCUT2D eigenvalue weighted by atomic mass is 10.1. The molecule has 0 amide bonds. The molecule has 126 valence electrons. The highest BCUT2D eigenvalue weighted by Crippen LogP contribution is 2.32. The predicted octanol–water partition coefficient (Wildman–Crippen LogP) is 4.02. The van der Waals surface area contributed by atoms with Gasteiger partial charge in [0, 0.05) is 0 Å². The van der Waals surface area contributed by atoms with E-state index in [1.165, 1.54) is 19.2 Å². The van der Waals surface area contributed by atoms with E-state index in [0.29, 0.717) is 15.8 Å². The summed E-state index contributed by atoms with van der Waals surface area (Å²) in [5.74, 6) is -0.932. The fraction of sp³-hybridized carbons (Fsp3) is 0.176. The molecule has 0 N–H and O–H groups in total. The van der Waals surface area contributed by atoms with Crippen LogP contribution in [0.4, 0.5) is 0 Å². The quantitative estimate of drug-likeness (QED) is 0.569. The van der Waals surface area contributed by atoms with Gasteiger partial charge in [0.1, 0.15) is 13.2 Å². The van der Waals surface area contributed by atoms with E-state index in [1.54, 1.807) is 30.3 Å². The molecule has 0 atom stereocenters. The number of esters is 2. The number of rotatable bonds is 6. The van der Waals surface area contributed by atoms with Crippen molar-refractivity contribution >= 4 is 35.1 Å². The minimum atomic E-state index is -0.648. The Bertz CT molecular complexity index is 725. The van der Waals surface area contributed by atoms with E-state index in [1.807, 2.05) is 0 Å². The normalized spacial score (nSPS) is 10.1. The first kappa shape index (κ1) is 18.1. The summed E-state index contributed by atoms with van der Waals surface area (Å²) in [6.45, 7) is 0.0332. The van der Waals surface area contributed by atoms with Crippen molar-refractivity contribution in [3.63, 3.8) is 0 Å². The summed E-state index contributed by atoms with van der Waals surface area (Å²) in [5, 5.41) is 0.731. The highest BCUT2D eigenvalue weighted by atomic mass is 35.5. The summed E-state index contributed by atoms with van der Waals surface area (Å²) in [6.07, 6.45) is 0. The van der Waals surface area contributed by atoms with Crippen LogP contribution in [0.1, 0.15) is 20.7 Å². The lowest BCUT2D eigenvalue weighted by molar-refractivity contribution is 0.0438. The van der Waals surface area contributed by atoms with Crippen molar-refractivity contribution in [1.82, 2.24) is 0 Å². The monoisotopic (exact) mass is 368 g/mol. The Morgan fingerprint density at radius 3 is 2.04 bits per heavy atom. The fourth-order valence-corrected chi connectivity index (χ4v) is 2.43. The van der Waals surface area contributed by atoms with Crippen LogP contribution in [0.5, 0.6) is 5.75 Å². The highest BCUT2D eigenvalue weighted by molar-refractivity contribution is 6.37. The number of carbonyl (C=O) groups is 2. The second kappa shape index (κ2) is 8.57. The van der Waals surface area contributed by atoms with Gasteiger partial charge in [-0.15, -0.1) is 0 Å². The molecule has 0 aromatic heterocycles. The van der Waals surface area contributed by atoms with Crippen LogP contribution in [0.3, 0.4) is 0 Å². The Balaban J connectivity index is 1.94. The summed E-state index contributed by atoms with van der Waals surface area (Å²) < 4.78 is 15.2. The molecule has 2 aromatic carbocycles. The van der Waals surface area contributed by atoms with Crippen molar-refractivity contribution in [2.45, 2.75) is 0 Å². The molecule has 0 spiro atoms. The molecule has 5 nitrogen and oxygen atoms in total. The van der Waals surface area contributed by atoms with E-state index in [9.17, 15) is 9.59 Å². The van der Waals surface area contributed by atoms with Crippen molar-refractivity contribution in [3.05, 3.63) is 63.6 Å². The number of para-hydroxylation sites is 1. The van der Waals surface area contributed by atoms with Gasteiger partial charge in [-0.05, 0) is 24.3 Å². The Hall–Kier alpha value is -2.24. The molecule has 2 rings (SSSR count). The van der Waals surface area contributed by atoms with E-state index in [-0.39, 0.29) is 24.3 Å². The number of hydrogen-bond acceptors (Lipinski definition) is 5. The molecule has 0 saturated carbocycles. The number of halogens is 2. The first-order valence-corrected chi connectivity index (χ1v) is 7.71. The minimum Gasteiger partial charge on any atom is -0.487 e. The zero-order valence-electron chi connectivity index (χ0n) is 12.8. The highest BCUT2D eigenvalue weighted by Gasteiger charge is 2.18. The zero-order chi connectivity index (χ0) is 17.5. The summed E-state index contributed by atoms with van der Waals surface area (Å²) in [7, 11) is 1.24. The first-order chi connectivity index (χ1) is 11.5. The smallest absolute Gasteiger partial charge is 0.339 e. The number of hydrogen-bond donors (Lipinski definition) is 0. The van der Waals surface area contributed by atoms with Crippen molar-refractivity contribution in [1.29, 1.82) is 0 Å². The van der Waals surface area contributed by atoms with E-state index < -0.39 is 11.9 Å². The van der Waals surface area contributed by atoms with E-state index in [0.717, 1.165) is 0 Å². The standard InChI is InChI=1S/C17H14Cl2O5/c1-22-16(20)11-5-2-3-6-12(11)17(21)24-10-9-23-15-13(18)7-4-8-14(15)19/h2-8H,9-10H2,1H3. The molecule has 0 radical (unpaired) electrons. The van der Waals surface area contributed by atoms with Crippen molar-refractivity contribution < 1.29 is 23.8 Å². The van der Waals surface area contributed by atoms with Gasteiger partial charge in [0.15, 0.2) is 5.75 Å². The van der Waals surface area contributed by atoms with Crippen LogP contribution in [-0.2, 0) is 9.47 Å². The molecule has 0 saturated heterocycles. The van der Waals surface area contributed by atoms with Gasteiger partial charge in [-0.2, -0.15) is 0 Å². The topological polar surface area (TPSA) is 61.8 Å². The third-order valence-corrected chi connectivity index (χ3v) is 3.63. The molecule has 0 aliphatic carbocycles. The maximum atomic E-state index is 12.1. The van der Waals surface area contributed by atoms with Gasteiger partial charge < -0.3 is 14.2 Å². The molecular formula is C17H14Cl2O5. The van der Waals surface area contributed by atoms with Gasteiger partial charge >= 0.3 is 11.9 Å². The second-order valence-corrected chi connectivity index (χ2v) is 5.39. The zero-order valence-corrected chi connectivity index (χ0v) is 14.3. The SMILES string of the molecule is COC(=O)c1ccccc1C(=O)OCCOc1c(Cl)cccc1Cl. The van der Waals surface area contributed by atoms with Crippen LogP contribution in [-0.4, -0.2) is 32.3 Å². The Labute approximate surface area is 149 Å². The van der Waals surface area contributed by atoms with E-state index in [4.69, 9.17) is 32.7 Å². The van der Waals surface area contributed by atoms with Crippen LogP contribution < -0.4 is 4.74 Å². The largest absolute Gasteiger partial charge is 0.487 e. The van der Waals surface area contributed by atoms with Crippen LogP contribution >= 0.6 is 23.2 Å². The molecule has 0 aliphatic heterocycles. The van der Waals surface area contributed by atoms with Crippen LogP contribution in [0, 0.1) is 0 Å². The van der Waals surface area contributed by atoms with E-state index >= 15 is 0 Å². The van der Waals surface area contributed by atoms with Crippen LogP contribution in [0.25, 0.3) is 0 Å². The van der Waals surface area contributed by atoms with Gasteiger partial charge in [-0.3, -0.25) is 0 Å². The number of ether oxygens (including phenoxy) is 3. The first-order valence-electron chi connectivity index (χ1n) is 6.96. The maximum Gasteiger partial charge on any atom is 0.339 e. The minimum absolute atomic E-state index is 0.0319. The molecule has 0 fully saturated rings. The summed E-state index contributed by atoms with van der Waals surface area (Å²) >= 11 is 11.9. The lowest BCUT2D eigenvalue weighted by Crippen LogP contribution is -2.16. The molecule has 24 heavy (non-hydrogen) atoms. The van der Waals surface area contributed by atoms with Crippen molar-refractivity contribution in [3.8, 4) is 5.75 Å². The Morgan fingerprint density at radius 1 is 0.875 bits per heavy atom. The fourth-order valence-electron chi connectivity index (χ4n) is 1.93. The molecule has 0 heterocycles. The molecular weight excluding hydrogens is 355 g/mol. The third kappa shape index (κ3) is 4.40. The van der Waals surface area contributed by atoms with Gasteiger partial charge in [0.2, 0.25) is 0 Å². The molecule has 0 unspecified atom stereocenters. The number of methoxy groups -OCH3 is 1. The summed E-state index contributed by atoms with van der Waals surface area (Å²) in [6, 6.07) is 11.2. The van der Waals surface area contributed by atoms with Crippen LogP contribution in [0.15, 0.2) is 42.5 Å². The lowest BCUT2D eigenvalue weighted by Gasteiger charge is -2.11. The average molecular weight is 369 g/mol. The Morgan fingerprint density at radius 2 is 1.46 bits per heavy atom. The van der Waals surface area contributed by atoms with Gasteiger partial charge in [-0.25, -0.2) is 9.59 Å². The molecule has 0 aliphatic rings. The van der Waals surface area contributed by atoms with Crippen molar-refractivity contribution in [2.24, 2.45) is 0 Å². The third-order valence-electron chi connectivity index (χ3n) is 3.03. The van der Waals surface area contributed by atoms with E-state index in [2.05, 4.69) is 4.74 Å². The second-order valence-electron chi connectivity index (χ2n) is 4.57. The molecule has 2 aromatic rings. The maximum absolute atomic E-state index is 12.1. The number of benzene rings is 2. The average Bonchev–Trinajstić information content (AvgIpc) is 2.59. The van der Waals surface area contributed by atoms with Gasteiger partial charge in [-0.1, -0.05) is 41.4 Å². The number of carbonyl (C=O) groups excluding carboxylic acids is 2.